The van der Waals surface area contributed by atoms with Gasteiger partial charge in [-0.25, -0.2) is 8.78 Å². The molecule has 1 atom stereocenters. The van der Waals surface area contributed by atoms with Crippen molar-refractivity contribution < 1.29 is 23.2 Å². The Morgan fingerprint density at radius 1 is 1.25 bits per heavy atom. The van der Waals surface area contributed by atoms with E-state index in [9.17, 15) is 13.9 Å². The minimum Gasteiger partial charge on any atom is -0.398 e. The maximum absolute atomic E-state index is 14.5. The van der Waals surface area contributed by atoms with Crippen molar-refractivity contribution in [3.05, 3.63) is 40.9 Å². The van der Waals surface area contributed by atoms with E-state index in [2.05, 4.69) is 11.8 Å². The SMILES string of the molecule is CC(O)C#Cc1ccc(F)c(C=C(F)B2OC(C)(C)C(C)(C)O2)c1. The van der Waals surface area contributed by atoms with Crippen molar-refractivity contribution >= 4 is 13.2 Å². The second kappa shape index (κ2) is 6.68. The third kappa shape index (κ3) is 4.04. The molecule has 128 valence electrons. The Labute approximate surface area is 141 Å². The first kappa shape index (κ1) is 18.7. The van der Waals surface area contributed by atoms with Gasteiger partial charge in [0.15, 0.2) is 0 Å². The fourth-order valence-electron chi connectivity index (χ4n) is 2.09. The van der Waals surface area contributed by atoms with Gasteiger partial charge in [-0.2, -0.15) is 0 Å². The number of halogens is 2. The lowest BCUT2D eigenvalue weighted by atomic mass is 9.86. The molecule has 0 saturated carbocycles. The number of hydrogen-bond donors (Lipinski definition) is 1. The van der Waals surface area contributed by atoms with Gasteiger partial charge in [0, 0.05) is 11.1 Å². The van der Waals surface area contributed by atoms with Crippen LogP contribution in [0.5, 0.6) is 0 Å². The molecule has 1 fully saturated rings. The highest BCUT2D eigenvalue weighted by Crippen LogP contribution is 2.39. The summed E-state index contributed by atoms with van der Waals surface area (Å²) >= 11 is 0. The molecule has 1 aromatic rings. The fourth-order valence-corrected chi connectivity index (χ4v) is 2.09. The summed E-state index contributed by atoms with van der Waals surface area (Å²) in [5.74, 6) is 4.68. The van der Waals surface area contributed by atoms with Crippen LogP contribution in [0.2, 0.25) is 0 Å². The first-order valence-electron chi connectivity index (χ1n) is 7.74. The van der Waals surface area contributed by atoms with Gasteiger partial charge in [-0.1, -0.05) is 11.8 Å². The fraction of sp³-hybridized carbons (Fsp3) is 0.444. The second-order valence-corrected chi connectivity index (χ2v) is 6.80. The molecule has 2 rings (SSSR count). The van der Waals surface area contributed by atoms with E-state index in [0.717, 1.165) is 6.08 Å². The maximum atomic E-state index is 14.5. The van der Waals surface area contributed by atoms with Gasteiger partial charge in [0.2, 0.25) is 0 Å². The second-order valence-electron chi connectivity index (χ2n) is 6.80. The van der Waals surface area contributed by atoms with Crippen LogP contribution in [0.4, 0.5) is 8.78 Å². The van der Waals surface area contributed by atoms with Crippen LogP contribution in [0.1, 0.15) is 45.7 Å². The van der Waals surface area contributed by atoms with Gasteiger partial charge in [-0.05, 0) is 58.9 Å². The number of rotatable bonds is 2. The molecule has 1 heterocycles. The Morgan fingerprint density at radius 3 is 2.38 bits per heavy atom. The smallest absolute Gasteiger partial charge is 0.398 e. The molecule has 1 aromatic carbocycles. The maximum Gasteiger partial charge on any atom is 0.525 e. The first-order chi connectivity index (χ1) is 11.0. The van der Waals surface area contributed by atoms with E-state index in [1.807, 2.05) is 27.7 Å². The number of aliphatic hydroxyl groups excluding tert-OH is 1. The standard InChI is InChI=1S/C18H21BF2O3/c1-12(22)6-7-13-8-9-15(20)14(10-13)11-16(21)19-23-17(2,3)18(4,5)24-19/h8-12,22H,1-5H3. The molecule has 0 spiro atoms. The average Bonchev–Trinajstić information content (AvgIpc) is 2.68. The highest BCUT2D eigenvalue weighted by atomic mass is 19.1. The summed E-state index contributed by atoms with van der Waals surface area (Å²) in [5, 5.41) is 9.17. The van der Waals surface area contributed by atoms with Crippen LogP contribution in [0.25, 0.3) is 6.08 Å². The normalized spacial score (nSPS) is 20.5. The number of hydrogen-bond acceptors (Lipinski definition) is 3. The van der Waals surface area contributed by atoms with Crippen molar-refractivity contribution in [3.63, 3.8) is 0 Å². The average molecular weight is 334 g/mol. The molecule has 0 aliphatic carbocycles. The van der Waals surface area contributed by atoms with Gasteiger partial charge in [-0.3, -0.25) is 0 Å². The summed E-state index contributed by atoms with van der Waals surface area (Å²) in [6.45, 7) is 8.77. The summed E-state index contributed by atoms with van der Waals surface area (Å²) < 4.78 is 39.6. The zero-order valence-corrected chi connectivity index (χ0v) is 14.5. The molecule has 6 heteroatoms. The number of aliphatic hydroxyl groups is 1. The lowest BCUT2D eigenvalue weighted by Crippen LogP contribution is -2.41. The topological polar surface area (TPSA) is 38.7 Å². The molecule has 24 heavy (non-hydrogen) atoms. The van der Waals surface area contributed by atoms with E-state index >= 15 is 0 Å². The Morgan fingerprint density at radius 2 is 1.83 bits per heavy atom. The van der Waals surface area contributed by atoms with Crippen LogP contribution < -0.4 is 0 Å². The van der Waals surface area contributed by atoms with Crippen molar-refractivity contribution in [2.75, 3.05) is 0 Å². The van der Waals surface area contributed by atoms with Gasteiger partial charge in [0.05, 0.1) is 11.2 Å². The van der Waals surface area contributed by atoms with E-state index in [0.29, 0.717) is 5.56 Å². The number of benzene rings is 1. The minimum atomic E-state index is -1.18. The highest BCUT2D eigenvalue weighted by molar-refractivity contribution is 6.54. The Kier molecular flexibility index (Phi) is 5.19. The minimum absolute atomic E-state index is 0.0413. The van der Waals surface area contributed by atoms with Crippen LogP contribution in [0.3, 0.4) is 0 Å². The quantitative estimate of drug-likeness (QED) is 0.665. The molecular formula is C18H21BF2O3. The molecule has 0 radical (unpaired) electrons. The molecule has 1 N–H and O–H groups in total. The van der Waals surface area contributed by atoms with Crippen molar-refractivity contribution in [2.24, 2.45) is 0 Å². The zero-order chi connectivity index (χ0) is 18.1. The predicted octanol–water partition coefficient (Wildman–Crippen LogP) is 3.50. The van der Waals surface area contributed by atoms with Gasteiger partial charge in [0.25, 0.3) is 0 Å². The van der Waals surface area contributed by atoms with E-state index in [-0.39, 0.29) is 5.56 Å². The molecular weight excluding hydrogens is 313 g/mol. The van der Waals surface area contributed by atoms with Gasteiger partial charge >= 0.3 is 7.12 Å². The molecule has 1 aliphatic rings. The summed E-state index contributed by atoms with van der Waals surface area (Å²) in [6.07, 6.45) is 0.251. The molecule has 3 nitrogen and oxygen atoms in total. The Balaban J connectivity index is 2.28. The van der Waals surface area contributed by atoms with Crippen molar-refractivity contribution in [2.45, 2.75) is 51.9 Å². The predicted molar refractivity (Wildman–Crippen MR) is 90.1 cm³/mol. The van der Waals surface area contributed by atoms with Crippen LogP contribution >= 0.6 is 0 Å². The van der Waals surface area contributed by atoms with Gasteiger partial charge in [0.1, 0.15) is 17.6 Å². The lowest BCUT2D eigenvalue weighted by molar-refractivity contribution is 0.00578. The van der Waals surface area contributed by atoms with Crippen molar-refractivity contribution in [3.8, 4) is 11.8 Å². The molecule has 0 amide bonds. The molecule has 1 aliphatic heterocycles. The highest BCUT2D eigenvalue weighted by Gasteiger charge is 2.53. The molecule has 1 saturated heterocycles. The summed E-state index contributed by atoms with van der Waals surface area (Å²) in [4.78, 5) is 0. The molecule has 1 unspecified atom stereocenters. The van der Waals surface area contributed by atoms with Crippen molar-refractivity contribution in [1.29, 1.82) is 0 Å². The summed E-state index contributed by atoms with van der Waals surface area (Å²) in [5.41, 5.74) is -1.55. The molecule has 0 bridgehead atoms. The van der Waals surface area contributed by atoms with E-state index in [4.69, 9.17) is 9.31 Å². The van der Waals surface area contributed by atoms with E-state index in [1.165, 1.54) is 25.1 Å². The van der Waals surface area contributed by atoms with Crippen molar-refractivity contribution in [1.82, 2.24) is 0 Å². The molecule has 0 aromatic heterocycles. The van der Waals surface area contributed by atoms with E-state index in [1.54, 1.807) is 0 Å². The Bertz CT molecular complexity index is 699. The lowest BCUT2D eigenvalue weighted by Gasteiger charge is -2.32. The monoisotopic (exact) mass is 334 g/mol. The van der Waals surface area contributed by atoms with Gasteiger partial charge in [-0.15, -0.1) is 0 Å². The van der Waals surface area contributed by atoms with Crippen LogP contribution in [-0.2, 0) is 9.31 Å². The zero-order valence-electron chi connectivity index (χ0n) is 14.5. The third-order valence-corrected chi connectivity index (χ3v) is 4.19. The largest absolute Gasteiger partial charge is 0.525 e. The first-order valence-corrected chi connectivity index (χ1v) is 7.74. The Hall–Kier alpha value is -1.68. The summed E-state index contributed by atoms with van der Waals surface area (Å²) in [7, 11) is -1.18. The summed E-state index contributed by atoms with van der Waals surface area (Å²) in [6, 6.07) is 4.08. The van der Waals surface area contributed by atoms with E-state index < -0.39 is 36.0 Å². The van der Waals surface area contributed by atoms with Gasteiger partial charge < -0.3 is 14.4 Å². The third-order valence-electron chi connectivity index (χ3n) is 4.19. The van der Waals surface area contributed by atoms with Crippen LogP contribution in [-0.4, -0.2) is 29.5 Å². The van der Waals surface area contributed by atoms with Crippen LogP contribution in [0.15, 0.2) is 23.9 Å². The van der Waals surface area contributed by atoms with Crippen LogP contribution in [0, 0.1) is 17.7 Å².